The van der Waals surface area contributed by atoms with Crippen LogP contribution in [0.1, 0.15) is 11.5 Å². The van der Waals surface area contributed by atoms with Gasteiger partial charge in [0.15, 0.2) is 5.82 Å². The Morgan fingerprint density at radius 3 is 3.12 bits per heavy atom. The quantitative estimate of drug-likeness (QED) is 0.844. The predicted octanol–water partition coefficient (Wildman–Crippen LogP) is 1.03. The number of methoxy groups -OCH3 is 1. The molecule has 0 fully saturated rings. The summed E-state index contributed by atoms with van der Waals surface area (Å²) in [6.45, 7) is 1.14. The third-order valence-corrected chi connectivity index (χ3v) is 2.80. The third-order valence-electron chi connectivity index (χ3n) is 2.08. The molecule has 1 N–H and O–H groups in total. The van der Waals surface area contributed by atoms with Crippen molar-refractivity contribution < 1.29 is 4.74 Å². The van der Waals surface area contributed by atoms with E-state index in [1.165, 1.54) is 11.5 Å². The van der Waals surface area contributed by atoms with Crippen LogP contribution in [0, 0.1) is 0 Å². The standard InChI is InChI=1S/C9H13N5OS/c1-14-7(3-4-11-14)5-10-9-12-8(6-15-2)13-16-9/h3-4H,5-6H2,1-2H3,(H,10,12,13). The van der Waals surface area contributed by atoms with Gasteiger partial charge in [-0.2, -0.15) is 9.47 Å². The molecule has 0 spiro atoms. The molecule has 7 heteroatoms. The van der Waals surface area contributed by atoms with Crippen molar-refractivity contribution in [3.8, 4) is 0 Å². The average Bonchev–Trinajstić information content (AvgIpc) is 2.86. The van der Waals surface area contributed by atoms with Gasteiger partial charge in [-0.1, -0.05) is 0 Å². The maximum atomic E-state index is 4.95. The monoisotopic (exact) mass is 239 g/mol. The van der Waals surface area contributed by atoms with E-state index in [9.17, 15) is 0 Å². The summed E-state index contributed by atoms with van der Waals surface area (Å²) >= 11 is 1.34. The molecule has 86 valence electrons. The molecule has 0 radical (unpaired) electrons. The van der Waals surface area contributed by atoms with E-state index in [2.05, 4.69) is 19.8 Å². The van der Waals surface area contributed by atoms with Gasteiger partial charge in [-0.15, -0.1) is 0 Å². The highest BCUT2D eigenvalue weighted by molar-refractivity contribution is 7.09. The zero-order valence-corrected chi connectivity index (χ0v) is 9.99. The van der Waals surface area contributed by atoms with Gasteiger partial charge in [-0.3, -0.25) is 4.68 Å². The second-order valence-electron chi connectivity index (χ2n) is 3.25. The first-order valence-corrected chi connectivity index (χ1v) is 5.59. The lowest BCUT2D eigenvalue weighted by Crippen LogP contribution is -2.05. The molecular formula is C9H13N5OS. The van der Waals surface area contributed by atoms with Crippen molar-refractivity contribution in [3.05, 3.63) is 23.8 Å². The molecule has 0 atom stereocenters. The van der Waals surface area contributed by atoms with Crippen molar-refractivity contribution in [2.24, 2.45) is 7.05 Å². The third kappa shape index (κ3) is 2.56. The molecule has 0 unspecified atom stereocenters. The van der Waals surface area contributed by atoms with Crippen LogP contribution in [-0.4, -0.2) is 26.2 Å². The van der Waals surface area contributed by atoms with Gasteiger partial charge >= 0.3 is 0 Å². The van der Waals surface area contributed by atoms with E-state index >= 15 is 0 Å². The normalized spacial score (nSPS) is 10.6. The molecule has 16 heavy (non-hydrogen) atoms. The maximum Gasteiger partial charge on any atom is 0.202 e. The van der Waals surface area contributed by atoms with Gasteiger partial charge in [0.1, 0.15) is 6.61 Å². The summed E-state index contributed by atoms with van der Waals surface area (Å²) in [6.07, 6.45) is 1.77. The van der Waals surface area contributed by atoms with Crippen molar-refractivity contribution in [2.45, 2.75) is 13.2 Å². The number of ether oxygens (including phenoxy) is 1. The average molecular weight is 239 g/mol. The number of anilines is 1. The molecule has 0 aliphatic heterocycles. The number of nitrogens with zero attached hydrogens (tertiary/aromatic N) is 4. The SMILES string of the molecule is COCc1nsc(NCc2ccnn2C)n1. The summed E-state index contributed by atoms with van der Waals surface area (Å²) in [5.41, 5.74) is 1.10. The lowest BCUT2D eigenvalue weighted by Gasteiger charge is -2.01. The molecule has 0 aliphatic carbocycles. The first-order chi connectivity index (χ1) is 7.79. The van der Waals surface area contributed by atoms with E-state index in [1.54, 1.807) is 13.3 Å². The fraction of sp³-hybridized carbons (Fsp3) is 0.444. The molecular weight excluding hydrogens is 226 g/mol. The number of rotatable bonds is 5. The highest BCUT2D eigenvalue weighted by Gasteiger charge is 2.04. The van der Waals surface area contributed by atoms with Crippen molar-refractivity contribution in [3.63, 3.8) is 0 Å². The minimum atomic E-state index is 0.448. The van der Waals surface area contributed by atoms with Crippen LogP contribution in [0.25, 0.3) is 0 Å². The summed E-state index contributed by atoms with van der Waals surface area (Å²) in [4.78, 5) is 4.27. The van der Waals surface area contributed by atoms with Gasteiger partial charge in [0, 0.05) is 31.9 Å². The Bertz CT molecular complexity index is 452. The summed E-state index contributed by atoms with van der Waals surface area (Å²) in [6, 6.07) is 1.96. The summed E-state index contributed by atoms with van der Waals surface area (Å²) in [5, 5.41) is 8.08. The highest BCUT2D eigenvalue weighted by Crippen LogP contribution is 2.12. The summed E-state index contributed by atoms with van der Waals surface area (Å²) in [7, 11) is 3.54. The molecule has 0 aromatic carbocycles. The number of hydrogen-bond acceptors (Lipinski definition) is 6. The van der Waals surface area contributed by atoms with Crippen LogP contribution in [0.5, 0.6) is 0 Å². The van der Waals surface area contributed by atoms with Crippen LogP contribution in [0.3, 0.4) is 0 Å². The van der Waals surface area contributed by atoms with E-state index in [0.717, 1.165) is 10.8 Å². The second-order valence-corrected chi connectivity index (χ2v) is 4.00. The van der Waals surface area contributed by atoms with Gasteiger partial charge in [-0.05, 0) is 6.07 Å². The van der Waals surface area contributed by atoms with E-state index in [1.807, 2.05) is 17.8 Å². The molecule has 2 aromatic heterocycles. The Labute approximate surface area is 97.4 Å². The Hall–Kier alpha value is -1.47. The molecule has 2 heterocycles. The Kier molecular flexibility index (Phi) is 3.47. The topological polar surface area (TPSA) is 64.9 Å². The van der Waals surface area contributed by atoms with Crippen LogP contribution < -0.4 is 5.32 Å². The van der Waals surface area contributed by atoms with Crippen LogP contribution in [0.4, 0.5) is 5.13 Å². The van der Waals surface area contributed by atoms with Crippen molar-refractivity contribution >= 4 is 16.7 Å². The van der Waals surface area contributed by atoms with Crippen LogP contribution in [-0.2, 0) is 24.9 Å². The molecule has 2 aromatic rings. The van der Waals surface area contributed by atoms with Crippen LogP contribution in [0.2, 0.25) is 0 Å². The van der Waals surface area contributed by atoms with Crippen LogP contribution >= 0.6 is 11.5 Å². The molecule has 6 nitrogen and oxygen atoms in total. The van der Waals surface area contributed by atoms with Gasteiger partial charge in [0.25, 0.3) is 0 Å². The van der Waals surface area contributed by atoms with Gasteiger partial charge in [0.2, 0.25) is 5.13 Å². The zero-order chi connectivity index (χ0) is 11.4. The lowest BCUT2D eigenvalue weighted by atomic mass is 10.4. The van der Waals surface area contributed by atoms with Crippen LogP contribution in [0.15, 0.2) is 12.3 Å². The fourth-order valence-corrected chi connectivity index (χ4v) is 1.82. The molecule has 0 saturated heterocycles. The number of aryl methyl sites for hydroxylation is 1. The largest absolute Gasteiger partial charge is 0.377 e. The minimum Gasteiger partial charge on any atom is -0.377 e. The zero-order valence-electron chi connectivity index (χ0n) is 9.17. The second kappa shape index (κ2) is 5.04. The molecule has 0 aliphatic rings. The summed E-state index contributed by atoms with van der Waals surface area (Å²) in [5.74, 6) is 0.708. The number of hydrogen-bond donors (Lipinski definition) is 1. The molecule has 0 saturated carbocycles. The maximum absolute atomic E-state index is 4.95. The first kappa shape index (κ1) is 11.0. The summed E-state index contributed by atoms with van der Waals surface area (Å²) < 4.78 is 10.9. The Morgan fingerprint density at radius 1 is 1.56 bits per heavy atom. The van der Waals surface area contributed by atoms with E-state index < -0.39 is 0 Å². The molecule has 2 rings (SSSR count). The van der Waals surface area contributed by atoms with E-state index in [0.29, 0.717) is 19.0 Å². The first-order valence-electron chi connectivity index (χ1n) is 4.82. The molecule has 0 bridgehead atoms. The van der Waals surface area contributed by atoms with Crippen molar-refractivity contribution in [1.29, 1.82) is 0 Å². The van der Waals surface area contributed by atoms with Gasteiger partial charge in [-0.25, -0.2) is 4.98 Å². The highest BCUT2D eigenvalue weighted by atomic mass is 32.1. The van der Waals surface area contributed by atoms with Crippen molar-refractivity contribution in [1.82, 2.24) is 19.1 Å². The number of nitrogens with one attached hydrogen (secondary N) is 1. The Morgan fingerprint density at radius 2 is 2.44 bits per heavy atom. The predicted molar refractivity (Wildman–Crippen MR) is 61.2 cm³/mol. The lowest BCUT2D eigenvalue weighted by molar-refractivity contribution is 0.179. The number of aromatic nitrogens is 4. The Balaban J connectivity index is 1.92. The fourth-order valence-electron chi connectivity index (χ4n) is 1.25. The van der Waals surface area contributed by atoms with E-state index in [-0.39, 0.29) is 0 Å². The van der Waals surface area contributed by atoms with Gasteiger partial charge < -0.3 is 10.1 Å². The smallest absolute Gasteiger partial charge is 0.202 e. The van der Waals surface area contributed by atoms with E-state index in [4.69, 9.17) is 4.74 Å². The van der Waals surface area contributed by atoms with Crippen molar-refractivity contribution in [2.75, 3.05) is 12.4 Å². The molecule has 0 amide bonds. The minimum absolute atomic E-state index is 0.448. The van der Waals surface area contributed by atoms with Gasteiger partial charge in [0.05, 0.1) is 12.2 Å².